The number of rotatable bonds is 3. The van der Waals surface area contributed by atoms with Gasteiger partial charge in [0.1, 0.15) is 12.1 Å². The van der Waals surface area contributed by atoms with Gasteiger partial charge in [0.15, 0.2) is 5.78 Å². The number of carbonyl (C=O) groups is 2. The predicted octanol–water partition coefficient (Wildman–Crippen LogP) is 0.918. The Morgan fingerprint density at radius 3 is 2.85 bits per heavy atom. The number of Topliss-reactive ketones (excluding diaryl/α,β-unsaturated/α-hetero) is 1. The molecule has 0 fully saturated rings. The number of ether oxygens (including phenoxy) is 1. The van der Waals surface area contributed by atoms with Gasteiger partial charge in [0.25, 0.3) is 0 Å². The zero-order valence-corrected chi connectivity index (χ0v) is 8.42. The van der Waals surface area contributed by atoms with Crippen molar-refractivity contribution < 1.29 is 14.3 Å². The first-order valence-electron chi connectivity index (χ1n) is 3.44. The normalized spacial score (nSPS) is 9.69. The maximum atomic E-state index is 11.3. The van der Waals surface area contributed by atoms with Crippen LogP contribution in [0, 0.1) is 0 Å². The van der Waals surface area contributed by atoms with Crippen LogP contribution in [0.3, 0.4) is 0 Å². The van der Waals surface area contributed by atoms with E-state index in [9.17, 15) is 9.59 Å². The van der Waals surface area contributed by atoms with E-state index >= 15 is 0 Å². The van der Waals surface area contributed by atoms with E-state index in [1.165, 1.54) is 13.3 Å². The van der Waals surface area contributed by atoms with Gasteiger partial charge in [-0.3, -0.25) is 14.7 Å². The average Bonchev–Trinajstić information content (AvgIpc) is 2.51. The van der Waals surface area contributed by atoms with Crippen LogP contribution in [0.25, 0.3) is 0 Å². The fourth-order valence-corrected chi connectivity index (χ4v) is 1.17. The fourth-order valence-electron chi connectivity index (χ4n) is 0.759. The molecule has 0 unspecified atom stereocenters. The van der Waals surface area contributed by atoms with Gasteiger partial charge in [0.2, 0.25) is 0 Å². The number of ketones is 1. The van der Waals surface area contributed by atoms with Crippen molar-refractivity contribution >= 4 is 27.7 Å². The number of hydrogen-bond donors (Lipinski definition) is 1. The molecule has 13 heavy (non-hydrogen) atoms. The zero-order chi connectivity index (χ0) is 9.84. The van der Waals surface area contributed by atoms with Gasteiger partial charge in [-0.1, -0.05) is 0 Å². The Morgan fingerprint density at radius 1 is 1.69 bits per heavy atom. The molecule has 1 rings (SSSR count). The summed E-state index contributed by atoms with van der Waals surface area (Å²) >= 11 is 3.11. The van der Waals surface area contributed by atoms with Gasteiger partial charge in [-0.05, 0) is 15.9 Å². The van der Waals surface area contributed by atoms with E-state index in [2.05, 4.69) is 30.9 Å². The molecule has 1 aromatic rings. The van der Waals surface area contributed by atoms with Crippen LogP contribution >= 0.6 is 15.9 Å². The number of nitrogens with one attached hydrogen (secondary N) is 1. The summed E-state index contributed by atoms with van der Waals surface area (Å²) in [5, 5.41) is 6.11. The van der Waals surface area contributed by atoms with Crippen LogP contribution in [0.1, 0.15) is 16.9 Å². The Morgan fingerprint density at radius 2 is 2.38 bits per heavy atom. The fraction of sp³-hybridized carbons (Fsp3) is 0.286. The second-order valence-corrected chi connectivity index (χ2v) is 3.12. The van der Waals surface area contributed by atoms with Crippen LogP contribution in [0.2, 0.25) is 0 Å². The summed E-state index contributed by atoms with van der Waals surface area (Å²) in [6, 6.07) is 0. The number of nitrogens with zero attached hydrogens (tertiary/aromatic N) is 1. The lowest BCUT2D eigenvalue weighted by molar-refractivity contribution is -0.139. The van der Waals surface area contributed by atoms with E-state index in [0.717, 1.165) is 0 Å². The van der Waals surface area contributed by atoms with Crippen molar-refractivity contribution in [3.8, 4) is 0 Å². The van der Waals surface area contributed by atoms with E-state index < -0.39 is 5.97 Å². The third-order valence-corrected chi connectivity index (χ3v) is 2.01. The summed E-state index contributed by atoms with van der Waals surface area (Å²) in [6.07, 6.45) is 1.17. The highest BCUT2D eigenvalue weighted by molar-refractivity contribution is 9.10. The second kappa shape index (κ2) is 4.18. The SMILES string of the molecule is COC(=O)CC(=O)c1[nH]ncc1Br. The lowest BCUT2D eigenvalue weighted by atomic mass is 10.2. The number of carbonyl (C=O) groups excluding carboxylic acids is 2. The number of hydrogen-bond acceptors (Lipinski definition) is 4. The third-order valence-electron chi connectivity index (χ3n) is 1.40. The van der Waals surface area contributed by atoms with Crippen molar-refractivity contribution in [2.45, 2.75) is 6.42 Å². The van der Waals surface area contributed by atoms with E-state index in [1.54, 1.807) is 0 Å². The molecule has 0 radical (unpaired) electrons. The van der Waals surface area contributed by atoms with Gasteiger partial charge in [0.05, 0.1) is 17.8 Å². The molecule has 0 aliphatic heterocycles. The molecule has 0 aliphatic rings. The van der Waals surface area contributed by atoms with Crippen LogP contribution in [-0.2, 0) is 9.53 Å². The summed E-state index contributed by atoms with van der Waals surface area (Å²) in [6.45, 7) is 0. The third kappa shape index (κ3) is 2.38. The van der Waals surface area contributed by atoms with Gasteiger partial charge < -0.3 is 4.74 Å². The van der Waals surface area contributed by atoms with Crippen LogP contribution in [0.15, 0.2) is 10.7 Å². The molecule has 0 aromatic carbocycles. The highest BCUT2D eigenvalue weighted by Crippen LogP contribution is 2.14. The second-order valence-electron chi connectivity index (χ2n) is 2.27. The number of aromatic nitrogens is 2. The molecular formula is C7H7BrN2O3. The van der Waals surface area contributed by atoms with E-state index in [-0.39, 0.29) is 17.9 Å². The number of aromatic amines is 1. The monoisotopic (exact) mass is 246 g/mol. The Kier molecular flexibility index (Phi) is 3.18. The molecule has 0 saturated carbocycles. The number of halogens is 1. The van der Waals surface area contributed by atoms with Crippen molar-refractivity contribution in [1.82, 2.24) is 10.2 Å². The van der Waals surface area contributed by atoms with Gasteiger partial charge in [0, 0.05) is 0 Å². The molecule has 5 nitrogen and oxygen atoms in total. The smallest absolute Gasteiger partial charge is 0.313 e. The lowest BCUT2D eigenvalue weighted by Crippen LogP contribution is -2.10. The van der Waals surface area contributed by atoms with E-state index in [1.807, 2.05) is 0 Å². The first-order valence-corrected chi connectivity index (χ1v) is 4.23. The van der Waals surface area contributed by atoms with Crippen molar-refractivity contribution in [3.63, 3.8) is 0 Å². The average molecular weight is 247 g/mol. The number of esters is 1. The summed E-state index contributed by atoms with van der Waals surface area (Å²) in [7, 11) is 1.23. The Hall–Kier alpha value is -1.17. The van der Waals surface area contributed by atoms with Gasteiger partial charge >= 0.3 is 5.97 Å². The molecule has 1 N–H and O–H groups in total. The van der Waals surface area contributed by atoms with Crippen molar-refractivity contribution in [2.24, 2.45) is 0 Å². The van der Waals surface area contributed by atoms with E-state index in [0.29, 0.717) is 4.47 Å². The largest absolute Gasteiger partial charge is 0.469 e. The molecule has 6 heteroatoms. The summed E-state index contributed by atoms with van der Waals surface area (Å²) in [5.41, 5.74) is 0.283. The first kappa shape index (κ1) is 9.91. The highest BCUT2D eigenvalue weighted by atomic mass is 79.9. The van der Waals surface area contributed by atoms with Crippen LogP contribution < -0.4 is 0 Å². The molecule has 70 valence electrons. The first-order chi connectivity index (χ1) is 6.15. The molecule has 0 atom stereocenters. The molecule has 0 spiro atoms. The minimum absolute atomic E-state index is 0.280. The standard InChI is InChI=1S/C7H7BrN2O3/c1-13-6(12)2-5(11)7-4(8)3-9-10-7/h3H,2H2,1H3,(H,9,10). The Bertz CT molecular complexity index is 334. The maximum absolute atomic E-state index is 11.3. The predicted molar refractivity (Wildman–Crippen MR) is 47.3 cm³/mol. The van der Waals surface area contributed by atoms with Crippen LogP contribution in [-0.4, -0.2) is 29.1 Å². The quantitative estimate of drug-likeness (QED) is 0.489. The molecular weight excluding hydrogens is 240 g/mol. The van der Waals surface area contributed by atoms with Crippen molar-refractivity contribution in [1.29, 1.82) is 0 Å². The Balaban J connectivity index is 2.69. The van der Waals surface area contributed by atoms with Crippen LogP contribution in [0.5, 0.6) is 0 Å². The molecule has 1 heterocycles. The van der Waals surface area contributed by atoms with Gasteiger partial charge in [-0.2, -0.15) is 5.10 Å². The summed E-state index contributed by atoms with van der Waals surface area (Å²) in [4.78, 5) is 22.0. The minimum atomic E-state index is -0.563. The molecule has 1 aromatic heterocycles. The summed E-state index contributed by atoms with van der Waals surface area (Å²) < 4.78 is 4.89. The van der Waals surface area contributed by atoms with Crippen molar-refractivity contribution in [3.05, 3.63) is 16.4 Å². The topological polar surface area (TPSA) is 72.1 Å². The van der Waals surface area contributed by atoms with Crippen LogP contribution in [0.4, 0.5) is 0 Å². The van der Waals surface area contributed by atoms with Gasteiger partial charge in [-0.25, -0.2) is 0 Å². The number of H-pyrrole nitrogens is 1. The molecule has 0 bridgehead atoms. The number of methoxy groups -OCH3 is 1. The lowest BCUT2D eigenvalue weighted by Gasteiger charge is -1.96. The maximum Gasteiger partial charge on any atom is 0.313 e. The molecule has 0 saturated heterocycles. The van der Waals surface area contributed by atoms with Crippen molar-refractivity contribution in [2.75, 3.05) is 7.11 Å². The zero-order valence-electron chi connectivity index (χ0n) is 6.83. The molecule has 0 amide bonds. The van der Waals surface area contributed by atoms with Gasteiger partial charge in [-0.15, -0.1) is 0 Å². The minimum Gasteiger partial charge on any atom is -0.469 e. The highest BCUT2D eigenvalue weighted by Gasteiger charge is 2.16. The van der Waals surface area contributed by atoms with E-state index in [4.69, 9.17) is 0 Å². The Labute approximate surface area is 82.6 Å². The summed E-state index contributed by atoms with van der Waals surface area (Å²) in [5.74, 6) is -0.914. The molecule has 0 aliphatic carbocycles.